The Labute approximate surface area is 140 Å². The molecule has 23 heavy (non-hydrogen) atoms. The van der Waals surface area contributed by atoms with E-state index < -0.39 is 0 Å². The first-order chi connectivity index (χ1) is 11.1. The maximum atomic E-state index is 12.2. The molecule has 0 aliphatic carbocycles. The third-order valence-corrected chi connectivity index (χ3v) is 4.44. The molecular formula is C17H21N3O2S. The van der Waals surface area contributed by atoms with E-state index in [1.165, 1.54) is 4.90 Å². The molecule has 0 fully saturated rings. The Kier molecular flexibility index (Phi) is 6.31. The van der Waals surface area contributed by atoms with E-state index in [0.29, 0.717) is 0 Å². The largest absolute Gasteiger partial charge is 0.358 e. The van der Waals surface area contributed by atoms with E-state index in [0.717, 1.165) is 10.4 Å². The van der Waals surface area contributed by atoms with Crippen LogP contribution in [-0.4, -0.2) is 43.9 Å². The molecule has 0 saturated heterocycles. The van der Waals surface area contributed by atoms with Crippen LogP contribution in [0.15, 0.2) is 47.8 Å². The van der Waals surface area contributed by atoms with Gasteiger partial charge in [0.25, 0.3) is 0 Å². The van der Waals surface area contributed by atoms with Crippen molar-refractivity contribution in [2.45, 2.75) is 6.04 Å². The molecule has 2 aromatic rings. The van der Waals surface area contributed by atoms with Gasteiger partial charge in [0.1, 0.15) is 0 Å². The van der Waals surface area contributed by atoms with Gasteiger partial charge in [0.15, 0.2) is 0 Å². The van der Waals surface area contributed by atoms with Crippen LogP contribution in [0.4, 0.5) is 0 Å². The zero-order chi connectivity index (χ0) is 16.7. The smallest absolute Gasteiger partial charge is 0.239 e. The van der Waals surface area contributed by atoms with Crippen LogP contribution in [0.3, 0.4) is 0 Å². The zero-order valence-electron chi connectivity index (χ0n) is 13.3. The fraction of sp³-hybridized carbons (Fsp3) is 0.294. The van der Waals surface area contributed by atoms with E-state index >= 15 is 0 Å². The molecule has 1 heterocycles. The third-order valence-electron chi connectivity index (χ3n) is 3.50. The minimum absolute atomic E-state index is 0.0337. The Morgan fingerprint density at radius 2 is 1.91 bits per heavy atom. The average molecular weight is 331 g/mol. The molecule has 2 N–H and O–H groups in total. The Bertz CT molecular complexity index is 629. The summed E-state index contributed by atoms with van der Waals surface area (Å²) in [4.78, 5) is 26.1. The quantitative estimate of drug-likeness (QED) is 0.811. The molecule has 0 aliphatic rings. The van der Waals surface area contributed by atoms with E-state index in [9.17, 15) is 9.59 Å². The number of amides is 2. The second-order valence-corrected chi connectivity index (χ2v) is 6.14. The maximum Gasteiger partial charge on any atom is 0.239 e. The van der Waals surface area contributed by atoms with Gasteiger partial charge in [-0.1, -0.05) is 36.4 Å². The summed E-state index contributed by atoms with van der Waals surface area (Å²) in [6.45, 7) is 0.233. The number of thiophene rings is 1. The van der Waals surface area contributed by atoms with Gasteiger partial charge < -0.3 is 10.2 Å². The summed E-state index contributed by atoms with van der Waals surface area (Å²) in [5.41, 5.74) is 1.11. The van der Waals surface area contributed by atoms with Gasteiger partial charge in [-0.05, 0) is 17.0 Å². The highest BCUT2D eigenvalue weighted by molar-refractivity contribution is 7.10. The molecule has 6 heteroatoms. The molecule has 5 nitrogen and oxygen atoms in total. The van der Waals surface area contributed by atoms with Gasteiger partial charge in [0.2, 0.25) is 11.8 Å². The van der Waals surface area contributed by atoms with Crippen LogP contribution in [0.1, 0.15) is 16.5 Å². The number of nitrogens with zero attached hydrogens (tertiary/aromatic N) is 1. The molecule has 0 radical (unpaired) electrons. The van der Waals surface area contributed by atoms with E-state index in [1.54, 1.807) is 25.4 Å². The summed E-state index contributed by atoms with van der Waals surface area (Å²) in [5, 5.41) is 7.83. The van der Waals surface area contributed by atoms with Gasteiger partial charge in [0.05, 0.1) is 19.1 Å². The summed E-state index contributed by atoms with van der Waals surface area (Å²) in [6, 6.07) is 14.0. The van der Waals surface area contributed by atoms with Crippen molar-refractivity contribution in [3.63, 3.8) is 0 Å². The van der Waals surface area contributed by atoms with Crippen molar-refractivity contribution in [1.82, 2.24) is 15.5 Å². The second-order valence-electron chi connectivity index (χ2n) is 5.16. The Morgan fingerprint density at radius 3 is 2.52 bits per heavy atom. The lowest BCUT2D eigenvalue weighted by Gasteiger charge is -2.21. The molecule has 0 bridgehead atoms. The average Bonchev–Trinajstić information content (AvgIpc) is 3.10. The normalized spacial score (nSPS) is 11.7. The van der Waals surface area contributed by atoms with Crippen molar-refractivity contribution in [1.29, 1.82) is 0 Å². The standard InChI is InChI=1S/C17H21N3O2S/c1-18-15(21)12-20(2)16(22)11-19-17(14-9-6-10-23-14)13-7-4-3-5-8-13/h3-10,17,19H,11-12H2,1-2H3,(H,18,21)/t17-/m0/s1. The number of benzene rings is 1. The minimum atomic E-state index is -0.182. The molecule has 1 aromatic heterocycles. The van der Waals surface area contributed by atoms with Crippen LogP contribution in [-0.2, 0) is 9.59 Å². The highest BCUT2D eigenvalue weighted by Crippen LogP contribution is 2.25. The summed E-state index contributed by atoms with van der Waals surface area (Å²) >= 11 is 1.65. The van der Waals surface area contributed by atoms with Gasteiger partial charge in [-0.2, -0.15) is 0 Å². The maximum absolute atomic E-state index is 12.2. The molecule has 0 unspecified atom stereocenters. The molecule has 0 saturated carbocycles. The van der Waals surface area contributed by atoms with Crippen molar-refractivity contribution >= 4 is 23.2 Å². The fourth-order valence-corrected chi connectivity index (χ4v) is 3.02. The summed E-state index contributed by atoms with van der Waals surface area (Å²) in [6.07, 6.45) is 0. The fourth-order valence-electron chi connectivity index (χ4n) is 2.19. The van der Waals surface area contributed by atoms with Gasteiger partial charge in [0, 0.05) is 19.0 Å². The van der Waals surface area contributed by atoms with E-state index in [-0.39, 0.29) is 30.9 Å². The second kappa shape index (κ2) is 8.45. The lowest BCUT2D eigenvalue weighted by molar-refractivity contribution is -0.133. The SMILES string of the molecule is CNC(=O)CN(C)C(=O)CN[C@@H](c1ccccc1)c1cccs1. The predicted octanol–water partition coefficient (Wildman–Crippen LogP) is 1.63. The van der Waals surface area contributed by atoms with Crippen molar-refractivity contribution in [2.24, 2.45) is 0 Å². The number of likely N-dealkylation sites (N-methyl/N-ethyl adjacent to an activating group) is 2. The predicted molar refractivity (Wildman–Crippen MR) is 92.3 cm³/mol. The molecule has 0 spiro atoms. The first-order valence-corrected chi connectivity index (χ1v) is 8.26. The van der Waals surface area contributed by atoms with Gasteiger partial charge in [-0.3, -0.25) is 14.9 Å². The molecule has 2 amide bonds. The Hall–Kier alpha value is -2.18. The van der Waals surface area contributed by atoms with Crippen LogP contribution in [0.5, 0.6) is 0 Å². The highest BCUT2D eigenvalue weighted by Gasteiger charge is 2.18. The monoisotopic (exact) mass is 331 g/mol. The van der Waals surface area contributed by atoms with Crippen molar-refractivity contribution in [2.75, 3.05) is 27.2 Å². The van der Waals surface area contributed by atoms with Gasteiger partial charge in [-0.25, -0.2) is 0 Å². The number of carbonyl (C=O) groups is 2. The Morgan fingerprint density at radius 1 is 1.17 bits per heavy atom. The van der Waals surface area contributed by atoms with Crippen LogP contribution < -0.4 is 10.6 Å². The van der Waals surface area contributed by atoms with Gasteiger partial charge in [-0.15, -0.1) is 11.3 Å². The third kappa shape index (κ3) is 4.91. The lowest BCUT2D eigenvalue weighted by Crippen LogP contribution is -2.41. The van der Waals surface area contributed by atoms with Gasteiger partial charge >= 0.3 is 0 Å². The van der Waals surface area contributed by atoms with Crippen LogP contribution in [0, 0.1) is 0 Å². The van der Waals surface area contributed by atoms with Crippen molar-refractivity contribution in [3.8, 4) is 0 Å². The number of hydrogen-bond donors (Lipinski definition) is 2. The molecule has 2 rings (SSSR count). The number of rotatable bonds is 7. The molecule has 1 aromatic carbocycles. The molecule has 1 atom stereocenters. The number of nitrogens with one attached hydrogen (secondary N) is 2. The van der Waals surface area contributed by atoms with Crippen LogP contribution in [0.2, 0.25) is 0 Å². The topological polar surface area (TPSA) is 61.4 Å². The first-order valence-electron chi connectivity index (χ1n) is 7.38. The van der Waals surface area contributed by atoms with Crippen molar-refractivity contribution < 1.29 is 9.59 Å². The summed E-state index contributed by atoms with van der Waals surface area (Å²) in [7, 11) is 3.18. The summed E-state index contributed by atoms with van der Waals surface area (Å²) < 4.78 is 0. The lowest BCUT2D eigenvalue weighted by atomic mass is 10.1. The van der Waals surface area contributed by atoms with E-state index in [4.69, 9.17) is 0 Å². The zero-order valence-corrected chi connectivity index (χ0v) is 14.1. The molecular weight excluding hydrogens is 310 g/mol. The number of carbonyl (C=O) groups excluding carboxylic acids is 2. The summed E-state index contributed by atoms with van der Waals surface area (Å²) in [5.74, 6) is -0.301. The minimum Gasteiger partial charge on any atom is -0.358 e. The first kappa shape index (κ1) is 17.2. The van der Waals surface area contributed by atoms with Crippen LogP contribution >= 0.6 is 11.3 Å². The Balaban J connectivity index is 2.02. The van der Waals surface area contributed by atoms with E-state index in [1.807, 2.05) is 47.8 Å². The van der Waals surface area contributed by atoms with E-state index in [2.05, 4.69) is 10.6 Å². The molecule has 0 aliphatic heterocycles. The van der Waals surface area contributed by atoms with Crippen molar-refractivity contribution in [3.05, 3.63) is 58.3 Å². The molecule has 122 valence electrons. The van der Waals surface area contributed by atoms with Crippen LogP contribution in [0.25, 0.3) is 0 Å². The number of hydrogen-bond acceptors (Lipinski definition) is 4. The highest BCUT2D eigenvalue weighted by atomic mass is 32.1.